The summed E-state index contributed by atoms with van der Waals surface area (Å²) in [5.41, 5.74) is 2.69. The van der Waals surface area contributed by atoms with Crippen molar-refractivity contribution in [1.29, 1.82) is 0 Å². The summed E-state index contributed by atoms with van der Waals surface area (Å²) in [6.07, 6.45) is 4.10. The number of carbonyl (C=O) groups excluding carboxylic acids is 1. The Balaban J connectivity index is 2.28. The maximum atomic E-state index is 10.5. The van der Waals surface area contributed by atoms with Gasteiger partial charge in [0.2, 0.25) is 0 Å². The minimum absolute atomic E-state index is 0.441. The van der Waals surface area contributed by atoms with Gasteiger partial charge in [-0.15, -0.1) is 0 Å². The third-order valence-electron chi connectivity index (χ3n) is 2.56. The molecule has 2 aromatic rings. The summed E-state index contributed by atoms with van der Waals surface area (Å²) >= 11 is 0. The average molecular weight is 230 g/mol. The van der Waals surface area contributed by atoms with E-state index in [1.807, 2.05) is 23.6 Å². The molecule has 0 bridgehead atoms. The van der Waals surface area contributed by atoms with Gasteiger partial charge in [0.25, 0.3) is 0 Å². The molecule has 4 nitrogen and oxygen atoms in total. The molecule has 0 N–H and O–H groups in total. The minimum atomic E-state index is 0.441. The lowest BCUT2D eigenvalue weighted by atomic mass is 10.1. The van der Waals surface area contributed by atoms with Crippen molar-refractivity contribution in [2.45, 2.75) is 13.5 Å². The summed E-state index contributed by atoms with van der Waals surface area (Å²) in [7, 11) is 1.65. The molecular weight excluding hydrogens is 216 g/mol. The van der Waals surface area contributed by atoms with Crippen LogP contribution in [-0.2, 0) is 6.54 Å². The number of methoxy groups -OCH3 is 1. The second-order valence-electron chi connectivity index (χ2n) is 3.90. The van der Waals surface area contributed by atoms with Gasteiger partial charge in [0.05, 0.1) is 20.0 Å². The van der Waals surface area contributed by atoms with E-state index >= 15 is 0 Å². The first-order chi connectivity index (χ1) is 8.22. The highest BCUT2D eigenvalue weighted by atomic mass is 16.5. The van der Waals surface area contributed by atoms with Crippen molar-refractivity contribution in [3.63, 3.8) is 0 Å². The number of hydrogen-bond acceptors (Lipinski definition) is 3. The molecule has 1 heterocycles. The Morgan fingerprint density at radius 3 is 2.94 bits per heavy atom. The molecule has 0 spiro atoms. The van der Waals surface area contributed by atoms with E-state index in [9.17, 15) is 4.79 Å². The second kappa shape index (κ2) is 4.82. The lowest BCUT2D eigenvalue weighted by Crippen LogP contribution is -2.00. The number of nitrogens with zero attached hydrogens (tertiary/aromatic N) is 2. The van der Waals surface area contributed by atoms with E-state index in [-0.39, 0.29) is 0 Å². The lowest BCUT2D eigenvalue weighted by molar-refractivity contribution is 0.111. The van der Waals surface area contributed by atoms with Gasteiger partial charge in [-0.05, 0) is 13.0 Å². The molecule has 0 aliphatic rings. The molecule has 88 valence electrons. The highest BCUT2D eigenvalue weighted by Crippen LogP contribution is 2.20. The molecule has 2 rings (SSSR count). The van der Waals surface area contributed by atoms with Crippen LogP contribution in [0.15, 0.2) is 30.7 Å². The molecule has 0 saturated heterocycles. The fourth-order valence-electron chi connectivity index (χ4n) is 1.75. The molecule has 0 fully saturated rings. The highest BCUT2D eigenvalue weighted by Gasteiger charge is 2.05. The van der Waals surface area contributed by atoms with E-state index in [4.69, 9.17) is 4.74 Å². The Bertz CT molecular complexity index is 532. The zero-order chi connectivity index (χ0) is 12.3. The second-order valence-corrected chi connectivity index (χ2v) is 3.90. The van der Waals surface area contributed by atoms with Crippen molar-refractivity contribution in [3.05, 3.63) is 47.5 Å². The Morgan fingerprint density at radius 1 is 1.47 bits per heavy atom. The smallest absolute Gasteiger partial charge is 0.169 e. The largest absolute Gasteiger partial charge is 0.496 e. The summed E-state index contributed by atoms with van der Waals surface area (Å²) in [6.45, 7) is 2.68. The maximum absolute atomic E-state index is 10.5. The standard InChI is InChI=1S/C13H14N2O2/c1-10-3-4-13(17-2)11(5-10)6-15-7-12(8-16)14-9-15/h3-5,7-9H,6H2,1-2H3. The first-order valence-corrected chi connectivity index (χ1v) is 5.33. The highest BCUT2D eigenvalue weighted by molar-refractivity contribution is 5.70. The van der Waals surface area contributed by atoms with Crippen molar-refractivity contribution in [2.24, 2.45) is 0 Å². The number of ether oxygens (including phenoxy) is 1. The van der Waals surface area contributed by atoms with Gasteiger partial charge in [0.1, 0.15) is 11.4 Å². The van der Waals surface area contributed by atoms with E-state index < -0.39 is 0 Å². The van der Waals surface area contributed by atoms with Crippen molar-refractivity contribution < 1.29 is 9.53 Å². The number of benzene rings is 1. The summed E-state index contributed by atoms with van der Waals surface area (Å²) in [4.78, 5) is 14.5. The van der Waals surface area contributed by atoms with Crippen molar-refractivity contribution >= 4 is 6.29 Å². The fraction of sp³-hybridized carbons (Fsp3) is 0.231. The van der Waals surface area contributed by atoms with Crippen LogP contribution in [0.3, 0.4) is 0 Å². The first-order valence-electron chi connectivity index (χ1n) is 5.33. The molecular formula is C13H14N2O2. The summed E-state index contributed by atoms with van der Waals surface area (Å²) in [5, 5.41) is 0. The molecule has 0 atom stereocenters. The number of aryl methyl sites for hydroxylation is 1. The quantitative estimate of drug-likeness (QED) is 0.755. The number of hydrogen-bond donors (Lipinski definition) is 0. The van der Waals surface area contributed by atoms with Crippen LogP contribution in [0.25, 0.3) is 0 Å². The van der Waals surface area contributed by atoms with E-state index in [1.54, 1.807) is 19.6 Å². The Kier molecular flexibility index (Phi) is 3.23. The van der Waals surface area contributed by atoms with Gasteiger partial charge < -0.3 is 9.30 Å². The fourth-order valence-corrected chi connectivity index (χ4v) is 1.75. The van der Waals surface area contributed by atoms with Crippen molar-refractivity contribution in [1.82, 2.24) is 9.55 Å². The Labute approximate surface area is 99.9 Å². The van der Waals surface area contributed by atoms with Crippen LogP contribution in [0.2, 0.25) is 0 Å². The van der Waals surface area contributed by atoms with Crippen LogP contribution in [0.5, 0.6) is 5.75 Å². The van der Waals surface area contributed by atoms with Crippen LogP contribution < -0.4 is 4.74 Å². The van der Waals surface area contributed by atoms with E-state index in [0.29, 0.717) is 12.2 Å². The molecule has 1 aromatic carbocycles. The van der Waals surface area contributed by atoms with E-state index in [1.165, 1.54) is 5.56 Å². The zero-order valence-corrected chi connectivity index (χ0v) is 9.88. The SMILES string of the molecule is COc1ccc(C)cc1Cn1cnc(C=O)c1. The van der Waals surface area contributed by atoms with Crippen LogP contribution in [0.1, 0.15) is 21.6 Å². The van der Waals surface area contributed by atoms with E-state index in [0.717, 1.165) is 17.6 Å². The summed E-state index contributed by atoms with van der Waals surface area (Å²) in [6, 6.07) is 6.02. The molecule has 0 amide bonds. The lowest BCUT2D eigenvalue weighted by Gasteiger charge is -2.09. The van der Waals surface area contributed by atoms with Gasteiger partial charge in [-0.25, -0.2) is 4.98 Å². The van der Waals surface area contributed by atoms with Crippen molar-refractivity contribution in [2.75, 3.05) is 7.11 Å². The first kappa shape index (κ1) is 11.4. The van der Waals surface area contributed by atoms with Gasteiger partial charge in [-0.1, -0.05) is 17.7 Å². The molecule has 0 radical (unpaired) electrons. The monoisotopic (exact) mass is 230 g/mol. The van der Waals surface area contributed by atoms with Crippen LogP contribution in [0.4, 0.5) is 0 Å². The number of imidazole rings is 1. The number of rotatable bonds is 4. The number of carbonyl (C=O) groups is 1. The topological polar surface area (TPSA) is 44.1 Å². The minimum Gasteiger partial charge on any atom is -0.496 e. The van der Waals surface area contributed by atoms with Crippen LogP contribution in [-0.4, -0.2) is 22.9 Å². The third-order valence-corrected chi connectivity index (χ3v) is 2.56. The molecule has 0 aliphatic carbocycles. The van der Waals surface area contributed by atoms with Gasteiger partial charge in [0.15, 0.2) is 6.29 Å². The van der Waals surface area contributed by atoms with Gasteiger partial charge >= 0.3 is 0 Å². The van der Waals surface area contributed by atoms with Gasteiger partial charge in [-0.3, -0.25) is 4.79 Å². The predicted molar refractivity (Wildman–Crippen MR) is 64.4 cm³/mol. The summed E-state index contributed by atoms with van der Waals surface area (Å²) < 4.78 is 7.16. The summed E-state index contributed by atoms with van der Waals surface area (Å²) in [5.74, 6) is 0.844. The number of aromatic nitrogens is 2. The van der Waals surface area contributed by atoms with Gasteiger partial charge in [0, 0.05) is 11.8 Å². The average Bonchev–Trinajstić information content (AvgIpc) is 2.77. The van der Waals surface area contributed by atoms with Gasteiger partial charge in [-0.2, -0.15) is 0 Å². The molecule has 4 heteroatoms. The van der Waals surface area contributed by atoms with E-state index in [2.05, 4.69) is 11.1 Å². The van der Waals surface area contributed by atoms with Crippen LogP contribution >= 0.6 is 0 Å². The van der Waals surface area contributed by atoms with Crippen molar-refractivity contribution in [3.8, 4) is 5.75 Å². The normalized spacial score (nSPS) is 10.2. The Morgan fingerprint density at radius 2 is 2.29 bits per heavy atom. The number of aldehydes is 1. The maximum Gasteiger partial charge on any atom is 0.169 e. The van der Waals surface area contributed by atoms with Crippen LogP contribution in [0, 0.1) is 6.92 Å². The zero-order valence-electron chi connectivity index (χ0n) is 9.88. The molecule has 0 saturated carbocycles. The Hall–Kier alpha value is -2.10. The molecule has 17 heavy (non-hydrogen) atoms. The molecule has 0 aliphatic heterocycles. The molecule has 0 unspecified atom stereocenters. The third kappa shape index (κ3) is 2.53. The molecule has 1 aromatic heterocycles. The predicted octanol–water partition coefficient (Wildman–Crippen LogP) is 2.06.